The summed E-state index contributed by atoms with van der Waals surface area (Å²) in [6, 6.07) is -0.111. The second kappa shape index (κ2) is 8.76. The second-order valence-electron chi connectivity index (χ2n) is 4.22. The van der Waals surface area contributed by atoms with E-state index in [1.807, 2.05) is 27.0 Å². The molecule has 1 N–H and O–H groups in total. The molecule has 94 valence electrons. The summed E-state index contributed by atoms with van der Waals surface area (Å²) in [6.07, 6.45) is 4.65. The van der Waals surface area contributed by atoms with Crippen LogP contribution in [0.4, 0.5) is 0 Å². The Balaban J connectivity index is 4.03. The fourth-order valence-corrected chi connectivity index (χ4v) is 2.00. The van der Waals surface area contributed by atoms with Crippen LogP contribution in [0.1, 0.15) is 46.5 Å². The molecule has 0 aliphatic rings. The van der Waals surface area contributed by atoms with Gasteiger partial charge in [-0.1, -0.05) is 32.7 Å². The van der Waals surface area contributed by atoms with Gasteiger partial charge in [-0.2, -0.15) is 0 Å². The third-order valence-electron chi connectivity index (χ3n) is 2.52. The molecule has 0 unspecified atom stereocenters. The fourth-order valence-electron chi connectivity index (χ4n) is 1.48. The van der Waals surface area contributed by atoms with E-state index in [1.54, 1.807) is 0 Å². The van der Waals surface area contributed by atoms with Gasteiger partial charge in [0.1, 0.15) is 5.78 Å². The van der Waals surface area contributed by atoms with Crippen molar-refractivity contribution >= 4 is 23.5 Å². The molecule has 0 aromatic heterocycles. The van der Waals surface area contributed by atoms with E-state index >= 15 is 0 Å². The summed E-state index contributed by atoms with van der Waals surface area (Å²) in [5, 5.41) is 0. The summed E-state index contributed by atoms with van der Waals surface area (Å²) in [4.78, 5) is 23.0. The summed E-state index contributed by atoms with van der Waals surface area (Å²) in [5.41, 5.74) is 0. The van der Waals surface area contributed by atoms with Crippen LogP contribution in [0, 0.1) is 5.92 Å². The third kappa shape index (κ3) is 6.28. The van der Waals surface area contributed by atoms with E-state index in [-0.39, 0.29) is 23.5 Å². The zero-order valence-corrected chi connectivity index (χ0v) is 11.5. The van der Waals surface area contributed by atoms with Gasteiger partial charge < -0.3 is 0 Å². The highest BCUT2D eigenvalue weighted by Gasteiger charge is 2.20. The number of Topliss-reactive ketones (excluding diaryl/α,β-unsaturated/α-hetero) is 2. The number of ketones is 2. The van der Waals surface area contributed by atoms with Crippen LogP contribution >= 0.6 is 11.9 Å². The highest BCUT2D eigenvalue weighted by molar-refractivity contribution is 7.96. The highest BCUT2D eigenvalue weighted by Crippen LogP contribution is 2.10. The van der Waals surface area contributed by atoms with Crippen molar-refractivity contribution in [2.45, 2.75) is 52.5 Å². The Kier molecular flexibility index (Phi) is 8.57. The van der Waals surface area contributed by atoms with Crippen LogP contribution in [0.5, 0.6) is 0 Å². The summed E-state index contributed by atoms with van der Waals surface area (Å²) in [5.74, 6) is 0.560. The normalized spacial score (nSPS) is 12.8. The number of nitrogens with one attached hydrogen (secondary N) is 1. The minimum Gasteiger partial charge on any atom is -0.300 e. The Morgan fingerprint density at radius 3 is 2.38 bits per heavy atom. The van der Waals surface area contributed by atoms with Crippen LogP contribution in [-0.2, 0) is 9.59 Å². The van der Waals surface area contributed by atoms with Crippen LogP contribution in [0.3, 0.4) is 0 Å². The lowest BCUT2D eigenvalue weighted by Crippen LogP contribution is -2.35. The van der Waals surface area contributed by atoms with E-state index < -0.39 is 0 Å². The minimum absolute atomic E-state index is 0.0477. The van der Waals surface area contributed by atoms with E-state index in [0.717, 1.165) is 12.8 Å². The highest BCUT2D eigenvalue weighted by atomic mass is 32.2. The molecule has 3 nitrogen and oxygen atoms in total. The van der Waals surface area contributed by atoms with Crippen molar-refractivity contribution in [3.8, 4) is 0 Å². The largest absolute Gasteiger partial charge is 0.300 e. The number of rotatable bonds is 9. The van der Waals surface area contributed by atoms with Crippen LogP contribution < -0.4 is 4.72 Å². The Bertz CT molecular complexity index is 229. The van der Waals surface area contributed by atoms with Gasteiger partial charge in [-0.15, -0.1) is 0 Å². The molecular formula is C12H23NO2S. The van der Waals surface area contributed by atoms with Crippen LogP contribution in [-0.4, -0.2) is 23.9 Å². The van der Waals surface area contributed by atoms with Gasteiger partial charge >= 0.3 is 0 Å². The van der Waals surface area contributed by atoms with Crippen molar-refractivity contribution in [2.75, 3.05) is 6.26 Å². The maximum absolute atomic E-state index is 11.8. The molecule has 0 aliphatic carbocycles. The minimum atomic E-state index is -0.111. The molecule has 1 atom stereocenters. The van der Waals surface area contributed by atoms with Crippen molar-refractivity contribution in [3.63, 3.8) is 0 Å². The first-order chi connectivity index (χ1) is 7.52. The number of hydrogen-bond acceptors (Lipinski definition) is 4. The topological polar surface area (TPSA) is 46.2 Å². The molecule has 0 saturated heterocycles. The van der Waals surface area contributed by atoms with Crippen molar-refractivity contribution in [1.82, 2.24) is 4.72 Å². The van der Waals surface area contributed by atoms with Crippen LogP contribution in [0.15, 0.2) is 0 Å². The van der Waals surface area contributed by atoms with Crippen LogP contribution in [0.25, 0.3) is 0 Å². The summed E-state index contributed by atoms with van der Waals surface area (Å²) >= 11 is 1.46. The monoisotopic (exact) mass is 245 g/mol. The number of carbonyl (C=O) groups is 2. The maximum atomic E-state index is 11.8. The lowest BCUT2D eigenvalue weighted by Gasteiger charge is -2.17. The molecule has 0 heterocycles. The maximum Gasteiger partial charge on any atom is 0.153 e. The van der Waals surface area contributed by atoms with E-state index in [9.17, 15) is 9.59 Å². The van der Waals surface area contributed by atoms with Gasteiger partial charge in [0.05, 0.1) is 6.04 Å². The lowest BCUT2D eigenvalue weighted by molar-refractivity contribution is -0.124. The standard InChI is InChI=1S/C12H23NO2S/c1-5-10(14)7-6-8-11(13-16-4)12(15)9(2)3/h9,11,13H,5-8H2,1-4H3/t11-/m1/s1. The van der Waals surface area contributed by atoms with E-state index in [2.05, 4.69) is 4.72 Å². The van der Waals surface area contributed by atoms with Gasteiger partial charge in [-0.05, 0) is 19.1 Å². The Morgan fingerprint density at radius 1 is 1.31 bits per heavy atom. The quantitative estimate of drug-likeness (QED) is 0.634. The Morgan fingerprint density at radius 2 is 1.94 bits per heavy atom. The Hall–Kier alpha value is -0.350. The predicted octanol–water partition coefficient (Wildman–Crippen LogP) is 2.60. The summed E-state index contributed by atoms with van der Waals surface area (Å²) < 4.78 is 3.11. The zero-order chi connectivity index (χ0) is 12.6. The average Bonchev–Trinajstić information content (AvgIpc) is 2.26. The lowest BCUT2D eigenvalue weighted by atomic mass is 9.97. The van der Waals surface area contributed by atoms with Crippen LogP contribution in [0.2, 0.25) is 0 Å². The first-order valence-corrected chi connectivity index (χ1v) is 7.09. The van der Waals surface area contributed by atoms with Crippen molar-refractivity contribution in [2.24, 2.45) is 5.92 Å². The molecule has 16 heavy (non-hydrogen) atoms. The first-order valence-electron chi connectivity index (χ1n) is 5.86. The molecule has 0 bridgehead atoms. The molecular weight excluding hydrogens is 222 g/mol. The molecule has 0 aliphatic heterocycles. The van der Waals surface area contributed by atoms with Crippen molar-refractivity contribution < 1.29 is 9.59 Å². The smallest absolute Gasteiger partial charge is 0.153 e. The first kappa shape index (κ1) is 15.7. The van der Waals surface area contributed by atoms with Crippen molar-refractivity contribution in [3.05, 3.63) is 0 Å². The van der Waals surface area contributed by atoms with Gasteiger partial charge in [0.25, 0.3) is 0 Å². The fraction of sp³-hybridized carbons (Fsp3) is 0.833. The van der Waals surface area contributed by atoms with Gasteiger partial charge in [0.2, 0.25) is 0 Å². The second-order valence-corrected chi connectivity index (χ2v) is 4.86. The van der Waals surface area contributed by atoms with E-state index in [1.165, 1.54) is 11.9 Å². The molecule has 0 fully saturated rings. The SMILES string of the molecule is CCC(=O)CCC[C@@H](NSC)C(=O)C(C)C. The van der Waals surface area contributed by atoms with Crippen molar-refractivity contribution in [1.29, 1.82) is 0 Å². The number of carbonyl (C=O) groups excluding carboxylic acids is 2. The van der Waals surface area contributed by atoms with Gasteiger partial charge in [0.15, 0.2) is 5.78 Å². The Labute approximate surface area is 103 Å². The number of hydrogen-bond donors (Lipinski definition) is 1. The molecule has 0 radical (unpaired) electrons. The molecule has 0 aromatic rings. The van der Waals surface area contributed by atoms with E-state index in [0.29, 0.717) is 12.8 Å². The van der Waals surface area contributed by atoms with Gasteiger partial charge in [0, 0.05) is 18.8 Å². The molecule has 0 aromatic carbocycles. The van der Waals surface area contributed by atoms with Gasteiger partial charge in [-0.25, -0.2) is 0 Å². The molecule has 4 heteroatoms. The third-order valence-corrected chi connectivity index (χ3v) is 3.04. The molecule has 0 amide bonds. The average molecular weight is 245 g/mol. The summed E-state index contributed by atoms with van der Waals surface area (Å²) in [7, 11) is 0. The zero-order valence-electron chi connectivity index (χ0n) is 10.7. The molecule has 0 spiro atoms. The summed E-state index contributed by atoms with van der Waals surface area (Å²) in [6.45, 7) is 5.70. The van der Waals surface area contributed by atoms with E-state index in [4.69, 9.17) is 0 Å². The predicted molar refractivity (Wildman–Crippen MR) is 69.4 cm³/mol. The molecule has 0 rings (SSSR count). The molecule has 0 saturated carbocycles. The van der Waals surface area contributed by atoms with Gasteiger partial charge in [-0.3, -0.25) is 14.3 Å².